The molecule has 2 aliphatic heterocycles. The van der Waals surface area contributed by atoms with Crippen molar-refractivity contribution in [3.05, 3.63) is 18.1 Å². The zero-order chi connectivity index (χ0) is 13.8. The van der Waals surface area contributed by atoms with Crippen LogP contribution in [0.1, 0.15) is 24.5 Å². The lowest BCUT2D eigenvalue weighted by atomic mass is 10.0. The lowest BCUT2D eigenvalue weighted by Gasteiger charge is -2.20. The van der Waals surface area contributed by atoms with Gasteiger partial charge in [0.15, 0.2) is 0 Å². The summed E-state index contributed by atoms with van der Waals surface area (Å²) in [6.07, 6.45) is 3.92. The molecule has 6 heteroatoms. The quantitative estimate of drug-likeness (QED) is 0.819. The van der Waals surface area contributed by atoms with Gasteiger partial charge in [0.05, 0.1) is 12.3 Å². The van der Waals surface area contributed by atoms with Gasteiger partial charge in [-0.25, -0.2) is 9.97 Å². The Hall–Kier alpha value is -1.24. The van der Waals surface area contributed by atoms with Gasteiger partial charge in [-0.2, -0.15) is 0 Å². The van der Waals surface area contributed by atoms with Crippen molar-refractivity contribution < 1.29 is 4.74 Å². The van der Waals surface area contributed by atoms with Gasteiger partial charge in [0.2, 0.25) is 0 Å². The maximum absolute atomic E-state index is 5.44. The molecule has 0 amide bonds. The van der Waals surface area contributed by atoms with Crippen molar-refractivity contribution in [2.24, 2.45) is 5.92 Å². The molecule has 0 aliphatic carbocycles. The van der Waals surface area contributed by atoms with Gasteiger partial charge in [-0.05, 0) is 18.8 Å². The van der Waals surface area contributed by atoms with Crippen LogP contribution in [0.2, 0.25) is 0 Å². The van der Waals surface area contributed by atoms with Crippen LogP contribution < -0.4 is 15.8 Å². The number of anilines is 1. The first kappa shape index (κ1) is 13.7. The van der Waals surface area contributed by atoms with E-state index in [0.29, 0.717) is 11.8 Å². The molecule has 1 aromatic heterocycles. The predicted molar refractivity (Wildman–Crippen MR) is 77.6 cm³/mol. The molecule has 0 radical (unpaired) electrons. The minimum Gasteiger partial charge on any atom is -0.381 e. The Labute approximate surface area is 119 Å². The van der Waals surface area contributed by atoms with E-state index in [0.717, 1.165) is 50.8 Å². The van der Waals surface area contributed by atoms with Crippen LogP contribution in [0.25, 0.3) is 0 Å². The van der Waals surface area contributed by atoms with E-state index in [1.807, 2.05) is 0 Å². The lowest BCUT2D eigenvalue weighted by molar-refractivity contribution is 0.193. The summed E-state index contributed by atoms with van der Waals surface area (Å²) in [5, 5.41) is 0. The first-order valence-corrected chi connectivity index (χ1v) is 7.39. The van der Waals surface area contributed by atoms with Gasteiger partial charge in [-0.3, -0.25) is 10.9 Å². The second kappa shape index (κ2) is 6.47. The van der Waals surface area contributed by atoms with Crippen molar-refractivity contribution >= 4 is 5.82 Å². The first-order valence-electron chi connectivity index (χ1n) is 7.39. The van der Waals surface area contributed by atoms with Gasteiger partial charge in [-0.15, -0.1) is 0 Å². The van der Waals surface area contributed by atoms with Crippen LogP contribution in [0.4, 0.5) is 5.82 Å². The molecule has 1 aromatic rings. The highest BCUT2D eigenvalue weighted by atomic mass is 16.5. The third-order valence-electron chi connectivity index (χ3n) is 4.19. The Bertz CT molecular complexity index is 429. The highest BCUT2D eigenvalue weighted by Gasteiger charge is 2.20. The maximum atomic E-state index is 5.44. The zero-order valence-electron chi connectivity index (χ0n) is 12.0. The van der Waals surface area contributed by atoms with Gasteiger partial charge in [0, 0.05) is 45.3 Å². The summed E-state index contributed by atoms with van der Waals surface area (Å²) in [6, 6.07) is 2.12. The molecule has 6 nitrogen and oxygen atoms in total. The van der Waals surface area contributed by atoms with Crippen molar-refractivity contribution in [1.82, 2.24) is 20.8 Å². The second-order valence-electron chi connectivity index (χ2n) is 5.70. The largest absolute Gasteiger partial charge is 0.381 e. The zero-order valence-corrected chi connectivity index (χ0v) is 12.0. The summed E-state index contributed by atoms with van der Waals surface area (Å²) in [6.45, 7) is 4.78. The molecule has 2 saturated heterocycles. The standard InChI is InChI=1S/C14H23N5O/c1-19(4-2-11-7-17-18-8-11)14-6-13(15-10-16-14)12-3-5-20-9-12/h6,10-12,17-18H,2-5,7-9H2,1H3. The van der Waals surface area contributed by atoms with E-state index in [9.17, 15) is 0 Å². The van der Waals surface area contributed by atoms with Gasteiger partial charge in [-0.1, -0.05) is 0 Å². The molecule has 0 aromatic carbocycles. The molecular formula is C14H23N5O. The number of rotatable bonds is 5. The summed E-state index contributed by atoms with van der Waals surface area (Å²) >= 11 is 0. The van der Waals surface area contributed by atoms with Crippen molar-refractivity contribution in [3.63, 3.8) is 0 Å². The van der Waals surface area contributed by atoms with Crippen LogP contribution >= 0.6 is 0 Å². The van der Waals surface area contributed by atoms with E-state index in [1.165, 1.54) is 6.42 Å². The van der Waals surface area contributed by atoms with Crippen LogP contribution in [0, 0.1) is 5.92 Å². The summed E-state index contributed by atoms with van der Waals surface area (Å²) in [4.78, 5) is 11.0. The molecular weight excluding hydrogens is 254 g/mol. The Kier molecular flexibility index (Phi) is 4.44. The van der Waals surface area contributed by atoms with Crippen LogP contribution in [0.5, 0.6) is 0 Å². The second-order valence-corrected chi connectivity index (χ2v) is 5.70. The number of hydrogen-bond acceptors (Lipinski definition) is 6. The van der Waals surface area contributed by atoms with Gasteiger partial charge < -0.3 is 9.64 Å². The Balaban J connectivity index is 1.58. The Morgan fingerprint density at radius 3 is 2.95 bits per heavy atom. The highest BCUT2D eigenvalue weighted by molar-refractivity contribution is 5.38. The molecule has 0 bridgehead atoms. The van der Waals surface area contributed by atoms with Crippen molar-refractivity contribution in [3.8, 4) is 0 Å². The molecule has 0 saturated carbocycles. The average molecular weight is 277 g/mol. The number of ether oxygens (including phenoxy) is 1. The topological polar surface area (TPSA) is 62.3 Å². The van der Waals surface area contributed by atoms with Crippen LogP contribution in [0.15, 0.2) is 12.4 Å². The Morgan fingerprint density at radius 1 is 1.35 bits per heavy atom. The number of nitrogens with one attached hydrogen (secondary N) is 2. The summed E-state index contributed by atoms with van der Waals surface area (Å²) in [5.41, 5.74) is 7.46. The molecule has 1 unspecified atom stereocenters. The van der Waals surface area contributed by atoms with Crippen LogP contribution in [-0.4, -0.2) is 49.9 Å². The summed E-state index contributed by atoms with van der Waals surface area (Å²) < 4.78 is 5.44. The molecule has 3 rings (SSSR count). The fourth-order valence-electron chi connectivity index (χ4n) is 2.76. The minimum absolute atomic E-state index is 0.438. The van der Waals surface area contributed by atoms with Crippen molar-refractivity contribution in [2.45, 2.75) is 18.8 Å². The van der Waals surface area contributed by atoms with Gasteiger partial charge >= 0.3 is 0 Å². The highest BCUT2D eigenvalue weighted by Crippen LogP contribution is 2.25. The van der Waals surface area contributed by atoms with Gasteiger partial charge in [0.1, 0.15) is 12.1 Å². The fourth-order valence-corrected chi connectivity index (χ4v) is 2.76. The predicted octanol–water partition coefficient (Wildman–Crippen LogP) is 0.531. The fraction of sp³-hybridized carbons (Fsp3) is 0.714. The maximum Gasteiger partial charge on any atom is 0.131 e. The van der Waals surface area contributed by atoms with E-state index in [2.05, 4.69) is 38.8 Å². The summed E-state index contributed by atoms with van der Waals surface area (Å²) in [7, 11) is 2.10. The molecule has 2 N–H and O–H groups in total. The van der Waals surface area contributed by atoms with E-state index < -0.39 is 0 Å². The minimum atomic E-state index is 0.438. The molecule has 110 valence electrons. The Morgan fingerprint density at radius 2 is 2.20 bits per heavy atom. The number of nitrogens with zero attached hydrogens (tertiary/aromatic N) is 3. The molecule has 20 heavy (non-hydrogen) atoms. The SMILES string of the molecule is CN(CCC1CNNC1)c1cc(C2CCOC2)ncn1. The first-order chi connectivity index (χ1) is 9.83. The molecule has 1 atom stereocenters. The van der Waals surface area contributed by atoms with Crippen molar-refractivity contribution in [2.75, 3.05) is 44.8 Å². The van der Waals surface area contributed by atoms with E-state index in [4.69, 9.17) is 4.74 Å². The third kappa shape index (κ3) is 3.26. The lowest BCUT2D eigenvalue weighted by Crippen LogP contribution is -2.23. The normalized spacial score (nSPS) is 23.4. The number of hydrogen-bond donors (Lipinski definition) is 2. The molecule has 2 fully saturated rings. The monoisotopic (exact) mass is 277 g/mol. The van der Waals surface area contributed by atoms with Crippen LogP contribution in [0.3, 0.4) is 0 Å². The van der Waals surface area contributed by atoms with Crippen LogP contribution in [-0.2, 0) is 4.74 Å². The van der Waals surface area contributed by atoms with E-state index in [1.54, 1.807) is 6.33 Å². The number of aromatic nitrogens is 2. The molecule has 0 spiro atoms. The number of hydrazine groups is 1. The molecule has 2 aliphatic rings. The van der Waals surface area contributed by atoms with Gasteiger partial charge in [0.25, 0.3) is 0 Å². The molecule has 3 heterocycles. The third-order valence-corrected chi connectivity index (χ3v) is 4.19. The average Bonchev–Trinajstić information content (AvgIpc) is 3.18. The summed E-state index contributed by atoms with van der Waals surface area (Å²) in [5.74, 6) is 2.16. The van der Waals surface area contributed by atoms with Crippen molar-refractivity contribution in [1.29, 1.82) is 0 Å². The van der Waals surface area contributed by atoms with E-state index in [-0.39, 0.29) is 0 Å². The smallest absolute Gasteiger partial charge is 0.131 e. The van der Waals surface area contributed by atoms with E-state index >= 15 is 0 Å².